The molecule has 0 saturated heterocycles. The standard InChI is InChI=1S/C36H44Ge/c1-21-13-25(5)33(26(6)14-21)37(34-27(7)15-22(2)16-28(34)8,35-29(9)17-23(3)18-30(35)10)36-31(11)19-24(4)20-32(36)12/h13-20H,1-12H3. The normalized spacial score (nSPS) is 11.8. The van der Waals surface area contributed by atoms with Gasteiger partial charge in [0.15, 0.2) is 0 Å². The third kappa shape index (κ3) is 4.52. The van der Waals surface area contributed by atoms with Crippen molar-refractivity contribution < 1.29 is 0 Å². The molecule has 37 heavy (non-hydrogen) atoms. The van der Waals surface area contributed by atoms with Gasteiger partial charge in [-0.05, 0) is 0 Å². The van der Waals surface area contributed by atoms with Crippen LogP contribution in [0.1, 0.15) is 66.8 Å². The topological polar surface area (TPSA) is 0 Å². The monoisotopic (exact) mass is 550 g/mol. The Morgan fingerprint density at radius 3 is 0.541 bits per heavy atom. The molecule has 0 aromatic heterocycles. The Labute approximate surface area is 228 Å². The van der Waals surface area contributed by atoms with Crippen LogP contribution < -0.4 is 17.6 Å². The molecule has 0 aliphatic rings. The summed E-state index contributed by atoms with van der Waals surface area (Å²) in [5.41, 5.74) is 16.9. The molecule has 0 spiro atoms. The third-order valence-electron chi connectivity index (χ3n) is 8.21. The fourth-order valence-electron chi connectivity index (χ4n) is 7.84. The van der Waals surface area contributed by atoms with Gasteiger partial charge in [-0.15, -0.1) is 0 Å². The van der Waals surface area contributed by atoms with Crippen LogP contribution in [-0.2, 0) is 0 Å². The van der Waals surface area contributed by atoms with Gasteiger partial charge in [-0.2, -0.15) is 0 Å². The van der Waals surface area contributed by atoms with E-state index in [0.29, 0.717) is 0 Å². The summed E-state index contributed by atoms with van der Waals surface area (Å²) >= 11 is -3.56. The van der Waals surface area contributed by atoms with E-state index in [-0.39, 0.29) is 0 Å². The summed E-state index contributed by atoms with van der Waals surface area (Å²) in [7, 11) is 0. The van der Waals surface area contributed by atoms with Gasteiger partial charge in [0.1, 0.15) is 0 Å². The Kier molecular flexibility index (Phi) is 7.38. The molecule has 192 valence electrons. The fraction of sp³-hybridized carbons (Fsp3) is 0.333. The van der Waals surface area contributed by atoms with Crippen LogP contribution in [-0.4, -0.2) is 13.3 Å². The molecule has 0 aliphatic heterocycles. The van der Waals surface area contributed by atoms with Crippen molar-refractivity contribution in [3.63, 3.8) is 0 Å². The van der Waals surface area contributed by atoms with E-state index in [4.69, 9.17) is 0 Å². The summed E-state index contributed by atoms with van der Waals surface area (Å²) in [4.78, 5) is 0. The molecule has 1 heteroatoms. The van der Waals surface area contributed by atoms with Crippen LogP contribution in [0.25, 0.3) is 0 Å². The molecule has 0 saturated carbocycles. The zero-order chi connectivity index (χ0) is 27.4. The van der Waals surface area contributed by atoms with Crippen molar-refractivity contribution >= 4 is 30.8 Å². The Hall–Kier alpha value is -2.58. The Bertz CT molecular complexity index is 1210. The molecule has 4 aromatic rings. The summed E-state index contributed by atoms with van der Waals surface area (Å²) in [5, 5.41) is 0. The van der Waals surface area contributed by atoms with Gasteiger partial charge in [0.2, 0.25) is 0 Å². The average Bonchev–Trinajstić information content (AvgIpc) is 2.70. The summed E-state index contributed by atoms with van der Waals surface area (Å²) < 4.78 is 6.47. The predicted octanol–water partition coefficient (Wildman–Crippen LogP) is 6.77. The number of benzene rings is 4. The van der Waals surface area contributed by atoms with Gasteiger partial charge < -0.3 is 0 Å². The van der Waals surface area contributed by atoms with Crippen molar-refractivity contribution in [1.29, 1.82) is 0 Å². The number of rotatable bonds is 4. The minimum absolute atomic E-state index is 1.35. The SMILES string of the molecule is Cc1cc(C)[c]([Ge]([c]2c(C)cc(C)cc2C)([c]2c(C)cc(C)cc2C)[c]2c(C)cc(C)cc2C)c(C)c1. The second-order valence-corrected chi connectivity index (χ2v) is 19.2. The van der Waals surface area contributed by atoms with Crippen LogP contribution in [0.5, 0.6) is 0 Å². The molecule has 0 nitrogen and oxygen atoms in total. The second-order valence-electron chi connectivity index (χ2n) is 11.8. The predicted molar refractivity (Wildman–Crippen MR) is 167 cm³/mol. The van der Waals surface area contributed by atoms with E-state index < -0.39 is 13.3 Å². The molecule has 0 bridgehead atoms. The van der Waals surface area contributed by atoms with Crippen LogP contribution >= 0.6 is 0 Å². The van der Waals surface area contributed by atoms with Crippen LogP contribution in [0.4, 0.5) is 0 Å². The van der Waals surface area contributed by atoms with E-state index in [1.807, 2.05) is 0 Å². The van der Waals surface area contributed by atoms with Gasteiger partial charge in [-0.3, -0.25) is 0 Å². The molecule has 0 amide bonds. The molecule has 0 radical (unpaired) electrons. The molecular weight excluding hydrogens is 505 g/mol. The maximum absolute atomic E-state index is 3.56. The van der Waals surface area contributed by atoms with Crippen molar-refractivity contribution in [3.8, 4) is 0 Å². The molecule has 4 aromatic carbocycles. The zero-order valence-electron chi connectivity index (χ0n) is 25.1. The van der Waals surface area contributed by atoms with E-state index in [1.54, 1.807) is 17.6 Å². The summed E-state index contributed by atoms with van der Waals surface area (Å²) in [6.45, 7) is 27.9. The van der Waals surface area contributed by atoms with Gasteiger partial charge in [-0.25, -0.2) is 0 Å². The molecule has 0 N–H and O–H groups in total. The van der Waals surface area contributed by atoms with Crippen molar-refractivity contribution in [3.05, 3.63) is 115 Å². The van der Waals surface area contributed by atoms with Gasteiger partial charge in [0.05, 0.1) is 0 Å². The van der Waals surface area contributed by atoms with E-state index in [9.17, 15) is 0 Å². The van der Waals surface area contributed by atoms with Gasteiger partial charge in [0.25, 0.3) is 0 Å². The van der Waals surface area contributed by atoms with Crippen molar-refractivity contribution in [2.24, 2.45) is 0 Å². The molecule has 4 rings (SSSR count). The first kappa shape index (κ1) is 27.5. The first-order valence-corrected chi connectivity index (χ1v) is 17.8. The summed E-state index contributed by atoms with van der Waals surface area (Å²) in [5.74, 6) is 0. The van der Waals surface area contributed by atoms with Crippen molar-refractivity contribution in [1.82, 2.24) is 0 Å². The fourth-order valence-corrected chi connectivity index (χ4v) is 22.1. The summed E-state index contributed by atoms with van der Waals surface area (Å²) in [6.07, 6.45) is 0. The molecule has 0 aliphatic carbocycles. The third-order valence-corrected chi connectivity index (χ3v) is 21.1. The average molecular weight is 549 g/mol. The first-order chi connectivity index (χ1) is 17.3. The number of hydrogen-bond acceptors (Lipinski definition) is 0. The minimum atomic E-state index is -3.56. The zero-order valence-corrected chi connectivity index (χ0v) is 27.2. The van der Waals surface area contributed by atoms with Crippen molar-refractivity contribution in [2.75, 3.05) is 0 Å². The van der Waals surface area contributed by atoms with Gasteiger partial charge in [0, 0.05) is 0 Å². The maximum atomic E-state index is 2.43. The van der Waals surface area contributed by atoms with Crippen molar-refractivity contribution in [2.45, 2.75) is 83.1 Å². The Morgan fingerprint density at radius 1 is 0.270 bits per heavy atom. The Balaban J connectivity index is 2.46. The molecule has 0 heterocycles. The molecule has 0 atom stereocenters. The summed E-state index contributed by atoms with van der Waals surface area (Å²) in [6, 6.07) is 19.4. The number of hydrogen-bond donors (Lipinski definition) is 0. The quantitative estimate of drug-likeness (QED) is 0.247. The van der Waals surface area contributed by atoms with Gasteiger partial charge >= 0.3 is 229 Å². The van der Waals surface area contributed by atoms with E-state index >= 15 is 0 Å². The van der Waals surface area contributed by atoms with E-state index in [2.05, 4.69) is 132 Å². The van der Waals surface area contributed by atoms with Crippen LogP contribution in [0.2, 0.25) is 0 Å². The molecule has 0 fully saturated rings. The molecule has 0 unspecified atom stereocenters. The van der Waals surface area contributed by atoms with E-state index in [0.717, 1.165) is 0 Å². The second kappa shape index (κ2) is 9.95. The Morgan fingerprint density at radius 2 is 0.405 bits per heavy atom. The first-order valence-electron chi connectivity index (χ1n) is 13.6. The van der Waals surface area contributed by atoms with Crippen LogP contribution in [0, 0.1) is 83.1 Å². The van der Waals surface area contributed by atoms with Crippen LogP contribution in [0.15, 0.2) is 48.5 Å². The molecular formula is C36H44Ge. The van der Waals surface area contributed by atoms with Gasteiger partial charge in [-0.1, -0.05) is 0 Å². The van der Waals surface area contributed by atoms with Crippen LogP contribution in [0.3, 0.4) is 0 Å². The number of aryl methyl sites for hydroxylation is 12. The van der Waals surface area contributed by atoms with E-state index in [1.165, 1.54) is 66.8 Å².